The van der Waals surface area contributed by atoms with Crippen molar-refractivity contribution in [3.8, 4) is 11.5 Å². The van der Waals surface area contributed by atoms with E-state index in [0.29, 0.717) is 11.5 Å². The van der Waals surface area contributed by atoms with Crippen LogP contribution in [0.2, 0.25) is 0 Å². The maximum Gasteiger partial charge on any atom is 0.335 e. The third kappa shape index (κ3) is 4.65. The van der Waals surface area contributed by atoms with Crippen molar-refractivity contribution in [1.29, 1.82) is 0 Å². The van der Waals surface area contributed by atoms with Crippen LogP contribution in [0.15, 0.2) is 48.6 Å². The molecule has 0 aromatic heterocycles. The fraction of sp³-hybridized carbons (Fsp3) is 0.143. The minimum atomic E-state index is -0.448. The first-order chi connectivity index (χ1) is 8.65. The van der Waals surface area contributed by atoms with Gasteiger partial charge in [-0.25, -0.2) is 9.59 Å². The molecule has 94 valence electrons. The van der Waals surface area contributed by atoms with Crippen LogP contribution in [0.1, 0.15) is 13.8 Å². The zero-order valence-electron chi connectivity index (χ0n) is 10.3. The molecular formula is C14H14O4. The highest BCUT2D eigenvalue weighted by Crippen LogP contribution is 2.18. The minimum absolute atomic E-state index is 0.393. The van der Waals surface area contributed by atoms with Crippen molar-refractivity contribution < 1.29 is 19.1 Å². The molecule has 4 heteroatoms. The van der Waals surface area contributed by atoms with E-state index < -0.39 is 11.9 Å². The maximum atomic E-state index is 11.2. The number of rotatable bonds is 4. The summed E-state index contributed by atoms with van der Waals surface area (Å²) in [4.78, 5) is 22.3. The van der Waals surface area contributed by atoms with Crippen molar-refractivity contribution in [3.63, 3.8) is 0 Å². The van der Waals surface area contributed by atoms with Crippen molar-refractivity contribution in [1.82, 2.24) is 0 Å². The molecule has 0 atom stereocenters. The summed E-state index contributed by atoms with van der Waals surface area (Å²) in [5, 5.41) is 0. The molecule has 1 aromatic carbocycles. The number of hydrogen-bond acceptors (Lipinski definition) is 4. The van der Waals surface area contributed by atoms with Crippen LogP contribution in [-0.2, 0) is 9.59 Å². The van der Waals surface area contributed by atoms with Gasteiger partial charge < -0.3 is 9.47 Å². The van der Waals surface area contributed by atoms with Crippen LogP contribution in [0, 0.1) is 0 Å². The Kier molecular flexibility index (Phi) is 5.38. The number of carbonyl (C=O) groups is 2. The van der Waals surface area contributed by atoms with E-state index in [0.717, 1.165) is 0 Å². The van der Waals surface area contributed by atoms with Gasteiger partial charge in [0.15, 0.2) is 0 Å². The maximum absolute atomic E-state index is 11.2. The fourth-order valence-electron chi connectivity index (χ4n) is 1.15. The molecule has 0 aliphatic heterocycles. The second-order valence-electron chi connectivity index (χ2n) is 3.31. The van der Waals surface area contributed by atoms with Gasteiger partial charge in [0.05, 0.1) is 0 Å². The van der Waals surface area contributed by atoms with Gasteiger partial charge in [-0.2, -0.15) is 0 Å². The number of allylic oxidation sites excluding steroid dienone is 2. The van der Waals surface area contributed by atoms with Crippen molar-refractivity contribution in [2.75, 3.05) is 0 Å². The molecule has 1 rings (SSSR count). The standard InChI is InChI=1S/C14H14O4/c1-3-5-13(15)17-11-7-9-12(10-8-11)18-14(16)6-4-2/h3-10H,1-2H3/b5-3+,6-4+. The number of hydrogen-bond donors (Lipinski definition) is 0. The molecule has 0 aliphatic rings. The Labute approximate surface area is 106 Å². The molecule has 0 unspecified atom stereocenters. The van der Waals surface area contributed by atoms with E-state index in [9.17, 15) is 9.59 Å². The first-order valence-electron chi connectivity index (χ1n) is 5.44. The molecule has 0 amide bonds. The summed E-state index contributed by atoms with van der Waals surface area (Å²) in [6.07, 6.45) is 5.82. The van der Waals surface area contributed by atoms with Gasteiger partial charge in [-0.1, -0.05) is 12.2 Å². The van der Waals surface area contributed by atoms with Crippen LogP contribution in [0.3, 0.4) is 0 Å². The minimum Gasteiger partial charge on any atom is -0.423 e. The molecular weight excluding hydrogens is 232 g/mol. The normalized spacial score (nSPS) is 10.8. The highest BCUT2D eigenvalue weighted by atomic mass is 16.5. The second kappa shape index (κ2) is 7.06. The van der Waals surface area contributed by atoms with Gasteiger partial charge in [-0.05, 0) is 38.1 Å². The summed E-state index contributed by atoms with van der Waals surface area (Å²) >= 11 is 0. The van der Waals surface area contributed by atoms with E-state index in [4.69, 9.17) is 9.47 Å². The Bertz CT molecular complexity index is 424. The Morgan fingerprint density at radius 2 is 1.17 bits per heavy atom. The molecule has 0 aliphatic carbocycles. The first-order valence-corrected chi connectivity index (χ1v) is 5.44. The Morgan fingerprint density at radius 3 is 1.44 bits per heavy atom. The van der Waals surface area contributed by atoms with Crippen molar-refractivity contribution in [2.24, 2.45) is 0 Å². The van der Waals surface area contributed by atoms with Crippen LogP contribution in [-0.4, -0.2) is 11.9 Å². The van der Waals surface area contributed by atoms with Gasteiger partial charge >= 0.3 is 11.9 Å². The van der Waals surface area contributed by atoms with Crippen LogP contribution < -0.4 is 9.47 Å². The summed E-state index contributed by atoms with van der Waals surface area (Å²) in [6.45, 7) is 3.45. The lowest BCUT2D eigenvalue weighted by molar-refractivity contribution is -0.130. The molecule has 0 fully saturated rings. The fourth-order valence-corrected chi connectivity index (χ4v) is 1.15. The van der Waals surface area contributed by atoms with E-state index in [1.54, 1.807) is 50.3 Å². The number of ether oxygens (including phenoxy) is 2. The summed E-state index contributed by atoms with van der Waals surface area (Å²) in [5.74, 6) is -0.111. The van der Waals surface area contributed by atoms with Gasteiger partial charge in [0.25, 0.3) is 0 Å². The van der Waals surface area contributed by atoms with Gasteiger partial charge in [0.2, 0.25) is 0 Å². The second-order valence-corrected chi connectivity index (χ2v) is 3.31. The topological polar surface area (TPSA) is 52.6 Å². The van der Waals surface area contributed by atoms with Crippen LogP contribution in [0.4, 0.5) is 0 Å². The number of benzene rings is 1. The Balaban J connectivity index is 2.62. The lowest BCUT2D eigenvalue weighted by Gasteiger charge is -2.03. The predicted octanol–water partition coefficient (Wildman–Crippen LogP) is 2.65. The largest absolute Gasteiger partial charge is 0.423 e. The zero-order valence-corrected chi connectivity index (χ0v) is 10.3. The summed E-state index contributed by atoms with van der Waals surface area (Å²) in [5.41, 5.74) is 0. The number of carbonyl (C=O) groups excluding carboxylic acids is 2. The van der Waals surface area contributed by atoms with Gasteiger partial charge in [0.1, 0.15) is 11.5 Å². The molecule has 0 bridgehead atoms. The molecule has 0 heterocycles. The Morgan fingerprint density at radius 1 is 0.833 bits per heavy atom. The molecule has 0 spiro atoms. The highest BCUT2D eigenvalue weighted by Gasteiger charge is 2.02. The van der Waals surface area contributed by atoms with Crippen molar-refractivity contribution in [2.45, 2.75) is 13.8 Å². The third-order valence-corrected chi connectivity index (χ3v) is 1.87. The quantitative estimate of drug-likeness (QED) is 0.465. The van der Waals surface area contributed by atoms with Crippen LogP contribution >= 0.6 is 0 Å². The summed E-state index contributed by atoms with van der Waals surface area (Å²) < 4.78 is 9.96. The van der Waals surface area contributed by atoms with Gasteiger partial charge in [-0.15, -0.1) is 0 Å². The molecule has 1 aromatic rings. The number of esters is 2. The monoisotopic (exact) mass is 246 g/mol. The molecule has 4 nitrogen and oxygen atoms in total. The lowest BCUT2D eigenvalue weighted by atomic mass is 10.3. The molecule has 0 saturated heterocycles. The average Bonchev–Trinajstić information content (AvgIpc) is 2.32. The van der Waals surface area contributed by atoms with E-state index in [2.05, 4.69) is 0 Å². The van der Waals surface area contributed by atoms with E-state index in [1.165, 1.54) is 12.2 Å². The van der Waals surface area contributed by atoms with E-state index in [-0.39, 0.29) is 0 Å². The van der Waals surface area contributed by atoms with Crippen molar-refractivity contribution >= 4 is 11.9 Å². The van der Waals surface area contributed by atoms with Gasteiger partial charge in [0, 0.05) is 12.2 Å². The third-order valence-electron chi connectivity index (χ3n) is 1.87. The van der Waals surface area contributed by atoms with Gasteiger partial charge in [-0.3, -0.25) is 0 Å². The average molecular weight is 246 g/mol. The smallest absolute Gasteiger partial charge is 0.335 e. The predicted molar refractivity (Wildman–Crippen MR) is 67.3 cm³/mol. The highest BCUT2D eigenvalue weighted by molar-refractivity contribution is 5.84. The Hall–Kier alpha value is -2.36. The summed E-state index contributed by atoms with van der Waals surface area (Å²) in [6, 6.07) is 6.22. The first kappa shape index (κ1) is 13.7. The molecule has 0 N–H and O–H groups in total. The molecule has 18 heavy (non-hydrogen) atoms. The zero-order chi connectivity index (χ0) is 13.4. The lowest BCUT2D eigenvalue weighted by Crippen LogP contribution is -2.05. The summed E-state index contributed by atoms with van der Waals surface area (Å²) in [7, 11) is 0. The van der Waals surface area contributed by atoms with E-state index >= 15 is 0 Å². The van der Waals surface area contributed by atoms with Crippen LogP contribution in [0.25, 0.3) is 0 Å². The SMILES string of the molecule is C/C=C/C(=O)Oc1ccc(OC(=O)/C=C/C)cc1. The molecule has 0 radical (unpaired) electrons. The van der Waals surface area contributed by atoms with E-state index in [1.807, 2.05) is 0 Å². The molecule has 0 saturated carbocycles. The van der Waals surface area contributed by atoms with Crippen molar-refractivity contribution in [3.05, 3.63) is 48.6 Å². The van der Waals surface area contributed by atoms with Crippen LogP contribution in [0.5, 0.6) is 11.5 Å².